The number of fused-ring (bicyclic) bond motifs is 4. The molecule has 6 rings (SSSR count). The summed E-state index contributed by atoms with van der Waals surface area (Å²) >= 11 is 0. The van der Waals surface area contributed by atoms with E-state index < -0.39 is 0 Å². The lowest BCUT2D eigenvalue weighted by atomic mass is 10.0. The second kappa shape index (κ2) is 7.12. The largest absolute Gasteiger partial charge is 0.692 e. The number of nitrogens with zero attached hydrogens (tertiary/aromatic N) is 6. The van der Waals surface area contributed by atoms with Gasteiger partial charge >= 0.3 is 11.4 Å². The first kappa shape index (κ1) is 18.9. The Hall–Kier alpha value is -4.80. The van der Waals surface area contributed by atoms with Crippen LogP contribution in [-0.2, 0) is 12.8 Å². The number of nitrogens with one attached hydrogen (secondary N) is 1. The molecule has 3 heterocycles. The van der Waals surface area contributed by atoms with Crippen LogP contribution in [0.5, 0.6) is 0 Å². The molecule has 0 saturated carbocycles. The number of rotatable bonds is 3. The molecule has 11 heteroatoms. The second-order valence-electron chi connectivity index (χ2n) is 7.56. The Morgan fingerprint density at radius 1 is 1.03 bits per heavy atom. The standard InChI is InChI=1S/C22H15N7O4/c30-22(24-17-8-2-7-16-15(17)6-3-11-23-16)13-4-1-5-14(12-13)27-25-20-18(28(27)31)9-10-19-21(20)26-33-29(19)32/h1-8,11-12H,9-10H2,(H,24,30). The molecular formula is C22H15N7O4. The predicted molar refractivity (Wildman–Crippen MR) is 114 cm³/mol. The van der Waals surface area contributed by atoms with E-state index in [1.807, 2.05) is 18.2 Å². The molecule has 0 atom stereocenters. The minimum Gasteiger partial charge on any atom is -0.692 e. The van der Waals surface area contributed by atoms with Gasteiger partial charge in [0.1, 0.15) is 5.69 Å². The Bertz CT molecular complexity index is 1550. The zero-order valence-electron chi connectivity index (χ0n) is 17.0. The average molecular weight is 441 g/mol. The topological polar surface area (TPSA) is 140 Å². The highest BCUT2D eigenvalue weighted by molar-refractivity contribution is 6.08. The second-order valence-corrected chi connectivity index (χ2v) is 7.56. The molecule has 0 unspecified atom stereocenters. The van der Waals surface area contributed by atoms with Gasteiger partial charge in [-0.05, 0) is 52.2 Å². The molecule has 0 saturated heterocycles. The van der Waals surface area contributed by atoms with Gasteiger partial charge in [0.2, 0.25) is 5.69 Å². The van der Waals surface area contributed by atoms with Crippen molar-refractivity contribution >= 4 is 22.5 Å². The number of anilines is 1. The lowest BCUT2D eigenvalue weighted by molar-refractivity contribution is -0.808. The zero-order valence-corrected chi connectivity index (χ0v) is 17.0. The maximum atomic E-state index is 13.0. The van der Waals surface area contributed by atoms with E-state index in [1.165, 1.54) is 0 Å². The summed E-state index contributed by atoms with van der Waals surface area (Å²) < 4.78 is 4.66. The van der Waals surface area contributed by atoms with Crippen molar-refractivity contribution in [2.24, 2.45) is 0 Å². The molecule has 0 fully saturated rings. The third-order valence-electron chi connectivity index (χ3n) is 5.63. The monoisotopic (exact) mass is 441 g/mol. The van der Waals surface area contributed by atoms with Crippen LogP contribution in [0.1, 0.15) is 21.7 Å². The highest BCUT2D eigenvalue weighted by Crippen LogP contribution is 2.27. The Morgan fingerprint density at radius 2 is 1.88 bits per heavy atom. The van der Waals surface area contributed by atoms with Crippen molar-refractivity contribution in [3.05, 3.63) is 88.2 Å². The first-order chi connectivity index (χ1) is 16.1. The summed E-state index contributed by atoms with van der Waals surface area (Å²) in [5.74, 6) is -0.339. The van der Waals surface area contributed by atoms with Crippen LogP contribution in [0.3, 0.4) is 0 Å². The van der Waals surface area contributed by atoms with Crippen LogP contribution in [-0.4, -0.2) is 25.9 Å². The number of amides is 1. The molecule has 0 bridgehead atoms. The fourth-order valence-corrected chi connectivity index (χ4v) is 4.03. The number of pyridine rings is 1. The summed E-state index contributed by atoms with van der Waals surface area (Å²) in [6.07, 6.45) is 2.34. The van der Waals surface area contributed by atoms with Crippen LogP contribution in [0, 0.1) is 10.4 Å². The summed E-state index contributed by atoms with van der Waals surface area (Å²) in [6, 6.07) is 15.7. The summed E-state index contributed by atoms with van der Waals surface area (Å²) in [5.41, 5.74) is 3.42. The lowest BCUT2D eigenvalue weighted by Crippen LogP contribution is -2.41. The normalized spacial score (nSPS) is 12.4. The number of hydrogen-bond acceptors (Lipinski definition) is 7. The molecule has 5 aromatic rings. The smallest absolute Gasteiger partial charge is 0.303 e. The molecule has 162 valence electrons. The first-order valence-corrected chi connectivity index (χ1v) is 10.2. The molecular weight excluding hydrogens is 426 g/mol. The van der Waals surface area contributed by atoms with E-state index in [0.29, 0.717) is 56.6 Å². The maximum absolute atomic E-state index is 13.0. The van der Waals surface area contributed by atoms with E-state index in [2.05, 4.69) is 25.2 Å². The number of benzene rings is 2. The number of carbonyl (C=O) groups is 1. The van der Waals surface area contributed by atoms with Crippen LogP contribution < -0.4 is 15.1 Å². The number of hydrogen-bond donors (Lipinski definition) is 1. The fraction of sp³-hybridized carbons (Fsp3) is 0.0909. The van der Waals surface area contributed by atoms with Gasteiger partial charge in [-0.3, -0.25) is 14.4 Å². The van der Waals surface area contributed by atoms with E-state index in [1.54, 1.807) is 42.6 Å². The van der Waals surface area contributed by atoms with Gasteiger partial charge in [-0.15, -0.1) is 4.85 Å². The highest BCUT2D eigenvalue weighted by atomic mass is 16.8. The third-order valence-corrected chi connectivity index (χ3v) is 5.63. The van der Waals surface area contributed by atoms with Crippen molar-refractivity contribution in [2.75, 3.05) is 5.32 Å². The maximum Gasteiger partial charge on any atom is 0.303 e. The van der Waals surface area contributed by atoms with Crippen molar-refractivity contribution in [1.82, 2.24) is 20.0 Å². The van der Waals surface area contributed by atoms with Crippen molar-refractivity contribution in [1.29, 1.82) is 0 Å². The molecule has 1 amide bonds. The van der Waals surface area contributed by atoms with Gasteiger partial charge in [0.25, 0.3) is 5.91 Å². The van der Waals surface area contributed by atoms with E-state index in [0.717, 1.165) is 15.7 Å². The Balaban J connectivity index is 1.35. The Kier molecular flexibility index (Phi) is 4.09. The molecule has 0 spiro atoms. The van der Waals surface area contributed by atoms with Crippen molar-refractivity contribution < 1.29 is 19.2 Å². The van der Waals surface area contributed by atoms with Crippen molar-refractivity contribution in [2.45, 2.75) is 12.8 Å². The van der Waals surface area contributed by atoms with Gasteiger partial charge < -0.3 is 15.7 Å². The van der Waals surface area contributed by atoms with E-state index >= 15 is 0 Å². The molecule has 33 heavy (non-hydrogen) atoms. The van der Waals surface area contributed by atoms with E-state index in [4.69, 9.17) is 0 Å². The van der Waals surface area contributed by atoms with Crippen molar-refractivity contribution in [3.8, 4) is 17.1 Å². The third kappa shape index (κ3) is 2.97. The van der Waals surface area contributed by atoms with Crippen LogP contribution in [0.4, 0.5) is 5.69 Å². The van der Waals surface area contributed by atoms with Gasteiger partial charge in [-0.2, -0.15) is 0 Å². The highest BCUT2D eigenvalue weighted by Gasteiger charge is 2.39. The van der Waals surface area contributed by atoms with Gasteiger partial charge in [0.05, 0.1) is 21.5 Å². The van der Waals surface area contributed by atoms with E-state index in [9.17, 15) is 15.2 Å². The Morgan fingerprint density at radius 3 is 2.79 bits per heavy atom. The van der Waals surface area contributed by atoms with Gasteiger partial charge in [-0.25, -0.2) is 0 Å². The molecule has 1 aliphatic rings. The number of carbonyl (C=O) groups excluding carboxylic acids is 1. The molecule has 0 aliphatic heterocycles. The fourth-order valence-electron chi connectivity index (χ4n) is 4.03. The minimum atomic E-state index is -0.339. The van der Waals surface area contributed by atoms with E-state index in [-0.39, 0.29) is 11.6 Å². The van der Waals surface area contributed by atoms with Gasteiger partial charge in [0, 0.05) is 30.0 Å². The summed E-state index contributed by atoms with van der Waals surface area (Å²) in [4.78, 5) is 19.4. The van der Waals surface area contributed by atoms with Crippen LogP contribution >= 0.6 is 0 Å². The SMILES string of the molecule is O=C(Nc1cccc2ncccc12)c1cccc(-n2nc3c([n+]2[O-])CCc2c-3no[n+]2[O-])c1. The Labute approximate surface area is 185 Å². The molecule has 1 aliphatic carbocycles. The molecule has 2 aromatic carbocycles. The summed E-state index contributed by atoms with van der Waals surface area (Å²) in [7, 11) is 0. The van der Waals surface area contributed by atoms with Crippen LogP contribution in [0.2, 0.25) is 0 Å². The molecule has 1 N–H and O–H groups in total. The summed E-state index contributed by atoms with van der Waals surface area (Å²) in [5, 5.41) is 36.4. The first-order valence-electron chi connectivity index (χ1n) is 10.2. The van der Waals surface area contributed by atoms with Crippen LogP contribution in [0.15, 0.2) is 65.4 Å². The molecule has 0 radical (unpaired) electrons. The average Bonchev–Trinajstić information content (AvgIpc) is 3.39. The van der Waals surface area contributed by atoms with Crippen molar-refractivity contribution in [3.63, 3.8) is 0 Å². The van der Waals surface area contributed by atoms with Gasteiger partial charge in [0.15, 0.2) is 5.69 Å². The predicted octanol–water partition coefficient (Wildman–Crippen LogP) is 1.69. The minimum absolute atomic E-state index is 0.257. The number of aromatic nitrogens is 6. The zero-order chi connectivity index (χ0) is 22.5. The molecule has 11 nitrogen and oxygen atoms in total. The quantitative estimate of drug-likeness (QED) is 0.332. The summed E-state index contributed by atoms with van der Waals surface area (Å²) in [6.45, 7) is 0. The lowest BCUT2D eigenvalue weighted by Gasteiger charge is -2.10. The molecule has 3 aromatic heterocycles. The van der Waals surface area contributed by atoms with Gasteiger partial charge in [-0.1, -0.05) is 12.1 Å². The van der Waals surface area contributed by atoms with Crippen LogP contribution in [0.25, 0.3) is 28.0 Å².